The van der Waals surface area contributed by atoms with Crippen molar-refractivity contribution in [2.45, 2.75) is 39.2 Å². The van der Waals surface area contributed by atoms with E-state index in [0.29, 0.717) is 24.5 Å². The fourth-order valence-corrected chi connectivity index (χ4v) is 2.98. The standard InChI is InChI=1S/C17H27N5O2/c1-12-11-15(20-13(2)19-12)17(24)18-8-7-14-5-6-16(23)22(14)10-9-21(3)4/h11,14H,5-10H2,1-4H3,(H,18,24)/t14-/m0/s1. The smallest absolute Gasteiger partial charge is 0.270 e. The van der Waals surface area contributed by atoms with Crippen LogP contribution in [0.2, 0.25) is 0 Å². The van der Waals surface area contributed by atoms with Gasteiger partial charge >= 0.3 is 0 Å². The summed E-state index contributed by atoms with van der Waals surface area (Å²) in [6, 6.07) is 1.90. The largest absolute Gasteiger partial charge is 0.351 e. The van der Waals surface area contributed by atoms with Gasteiger partial charge < -0.3 is 15.1 Å². The lowest BCUT2D eigenvalue weighted by Crippen LogP contribution is -2.40. The van der Waals surface area contributed by atoms with Crippen LogP contribution in [0.1, 0.15) is 41.3 Å². The Kier molecular flexibility index (Phi) is 6.25. The maximum absolute atomic E-state index is 12.2. The zero-order valence-electron chi connectivity index (χ0n) is 15.0. The Bertz CT molecular complexity index is 582. The Morgan fingerprint density at radius 1 is 1.38 bits per heavy atom. The molecular formula is C17H27N5O2. The molecular weight excluding hydrogens is 306 g/mol. The van der Waals surface area contributed by atoms with Crippen molar-refractivity contribution in [2.75, 3.05) is 33.7 Å². The topological polar surface area (TPSA) is 78.4 Å². The van der Waals surface area contributed by atoms with Gasteiger partial charge in [0.1, 0.15) is 11.5 Å². The van der Waals surface area contributed by atoms with Gasteiger partial charge in [0.2, 0.25) is 5.91 Å². The zero-order chi connectivity index (χ0) is 17.7. The highest BCUT2D eigenvalue weighted by Crippen LogP contribution is 2.20. The number of rotatable bonds is 7. The minimum Gasteiger partial charge on any atom is -0.351 e. The summed E-state index contributed by atoms with van der Waals surface area (Å²) in [5.74, 6) is 0.624. The van der Waals surface area contributed by atoms with Crippen molar-refractivity contribution in [1.29, 1.82) is 0 Å². The van der Waals surface area contributed by atoms with Crippen LogP contribution in [0, 0.1) is 13.8 Å². The molecule has 0 bridgehead atoms. The summed E-state index contributed by atoms with van der Waals surface area (Å²) in [5, 5.41) is 2.90. The first-order valence-corrected chi connectivity index (χ1v) is 8.41. The van der Waals surface area contributed by atoms with Crippen LogP contribution >= 0.6 is 0 Å². The first-order chi connectivity index (χ1) is 11.4. The molecule has 0 radical (unpaired) electrons. The van der Waals surface area contributed by atoms with E-state index in [9.17, 15) is 9.59 Å². The van der Waals surface area contributed by atoms with E-state index in [1.165, 1.54) is 0 Å². The van der Waals surface area contributed by atoms with Crippen molar-refractivity contribution in [3.05, 3.63) is 23.3 Å². The number of amides is 2. The second kappa shape index (κ2) is 8.19. The number of nitrogens with one attached hydrogen (secondary N) is 1. The Labute approximate surface area is 143 Å². The second-order valence-corrected chi connectivity index (χ2v) is 6.57. The number of aryl methyl sites for hydroxylation is 2. The summed E-state index contributed by atoms with van der Waals surface area (Å²) in [5.41, 5.74) is 1.18. The van der Waals surface area contributed by atoms with Crippen LogP contribution in [0.5, 0.6) is 0 Å². The molecule has 0 aliphatic carbocycles. The summed E-state index contributed by atoms with van der Waals surface area (Å²) in [7, 11) is 4.00. The van der Waals surface area contributed by atoms with Crippen molar-refractivity contribution >= 4 is 11.8 Å². The Morgan fingerprint density at radius 2 is 2.12 bits per heavy atom. The molecule has 0 aromatic carbocycles. The predicted molar refractivity (Wildman–Crippen MR) is 91.7 cm³/mol. The van der Waals surface area contributed by atoms with Gasteiger partial charge in [-0.2, -0.15) is 0 Å². The number of carbonyl (C=O) groups is 2. The lowest BCUT2D eigenvalue weighted by atomic mass is 10.1. The molecule has 24 heavy (non-hydrogen) atoms. The molecule has 1 aromatic rings. The summed E-state index contributed by atoms with van der Waals surface area (Å²) in [4.78, 5) is 36.6. The Hall–Kier alpha value is -2.02. The van der Waals surface area contributed by atoms with Gasteiger partial charge in [0, 0.05) is 37.8 Å². The van der Waals surface area contributed by atoms with E-state index in [2.05, 4.69) is 20.2 Å². The van der Waals surface area contributed by atoms with Gasteiger partial charge in [0.05, 0.1) is 0 Å². The van der Waals surface area contributed by atoms with E-state index in [4.69, 9.17) is 0 Å². The number of likely N-dealkylation sites (N-methyl/N-ethyl adjacent to an activating group) is 1. The van der Waals surface area contributed by atoms with E-state index in [-0.39, 0.29) is 17.9 Å². The number of nitrogens with zero attached hydrogens (tertiary/aromatic N) is 4. The monoisotopic (exact) mass is 333 g/mol. The normalized spacial score (nSPS) is 17.6. The van der Waals surface area contributed by atoms with Gasteiger partial charge in [-0.25, -0.2) is 9.97 Å². The van der Waals surface area contributed by atoms with Crippen LogP contribution < -0.4 is 5.32 Å². The molecule has 2 heterocycles. The van der Waals surface area contributed by atoms with Crippen LogP contribution in [0.25, 0.3) is 0 Å². The Balaban J connectivity index is 1.84. The van der Waals surface area contributed by atoms with Gasteiger partial charge in [0.15, 0.2) is 0 Å². The molecule has 1 saturated heterocycles. The minimum absolute atomic E-state index is 0.187. The van der Waals surface area contributed by atoms with E-state index in [1.807, 2.05) is 25.9 Å². The van der Waals surface area contributed by atoms with Gasteiger partial charge in [-0.15, -0.1) is 0 Å². The van der Waals surface area contributed by atoms with Crippen LogP contribution in [0.4, 0.5) is 0 Å². The molecule has 2 rings (SSSR count). The molecule has 1 aliphatic rings. The average molecular weight is 333 g/mol. The van der Waals surface area contributed by atoms with Crippen molar-refractivity contribution in [3.63, 3.8) is 0 Å². The van der Waals surface area contributed by atoms with Gasteiger partial charge in [-0.3, -0.25) is 9.59 Å². The molecule has 0 saturated carbocycles. The molecule has 1 N–H and O–H groups in total. The maximum Gasteiger partial charge on any atom is 0.270 e. The third-order valence-corrected chi connectivity index (χ3v) is 4.20. The van der Waals surface area contributed by atoms with Gasteiger partial charge in [0.25, 0.3) is 5.91 Å². The van der Waals surface area contributed by atoms with Crippen molar-refractivity contribution in [2.24, 2.45) is 0 Å². The second-order valence-electron chi connectivity index (χ2n) is 6.57. The van der Waals surface area contributed by atoms with E-state index in [1.54, 1.807) is 13.0 Å². The fraction of sp³-hybridized carbons (Fsp3) is 0.647. The molecule has 0 unspecified atom stereocenters. The fourth-order valence-electron chi connectivity index (χ4n) is 2.98. The molecule has 132 valence electrons. The predicted octanol–water partition coefficient (Wildman–Crippen LogP) is 0.766. The Morgan fingerprint density at radius 3 is 2.79 bits per heavy atom. The van der Waals surface area contributed by atoms with E-state index in [0.717, 1.165) is 31.6 Å². The first-order valence-electron chi connectivity index (χ1n) is 8.41. The quantitative estimate of drug-likeness (QED) is 0.797. The first kappa shape index (κ1) is 18.3. The SMILES string of the molecule is Cc1cc(C(=O)NCC[C@@H]2CCC(=O)N2CCN(C)C)nc(C)n1. The summed E-state index contributed by atoms with van der Waals surface area (Å²) < 4.78 is 0. The lowest BCUT2D eigenvalue weighted by molar-refractivity contribution is -0.129. The highest BCUT2D eigenvalue weighted by atomic mass is 16.2. The average Bonchev–Trinajstić information content (AvgIpc) is 2.84. The summed E-state index contributed by atoms with van der Waals surface area (Å²) in [6.07, 6.45) is 2.25. The highest BCUT2D eigenvalue weighted by molar-refractivity contribution is 5.92. The maximum atomic E-state index is 12.2. The number of carbonyl (C=O) groups excluding carboxylic acids is 2. The van der Waals surface area contributed by atoms with Crippen molar-refractivity contribution in [3.8, 4) is 0 Å². The molecule has 1 atom stereocenters. The number of hydrogen-bond donors (Lipinski definition) is 1. The third kappa shape index (κ3) is 4.99. The van der Waals surface area contributed by atoms with Crippen molar-refractivity contribution in [1.82, 2.24) is 25.1 Å². The summed E-state index contributed by atoms with van der Waals surface area (Å²) in [6.45, 7) is 5.76. The van der Waals surface area contributed by atoms with Crippen LogP contribution in [0.15, 0.2) is 6.07 Å². The number of aromatic nitrogens is 2. The van der Waals surface area contributed by atoms with Crippen LogP contribution in [0.3, 0.4) is 0 Å². The van der Waals surface area contributed by atoms with E-state index < -0.39 is 0 Å². The molecule has 1 aliphatic heterocycles. The highest BCUT2D eigenvalue weighted by Gasteiger charge is 2.30. The molecule has 1 aromatic heterocycles. The lowest BCUT2D eigenvalue weighted by Gasteiger charge is -2.26. The molecule has 1 fully saturated rings. The number of hydrogen-bond acceptors (Lipinski definition) is 5. The van der Waals surface area contributed by atoms with E-state index >= 15 is 0 Å². The molecule has 2 amide bonds. The van der Waals surface area contributed by atoms with Crippen LogP contribution in [-0.4, -0.2) is 71.4 Å². The molecule has 7 heteroatoms. The number of likely N-dealkylation sites (tertiary alicyclic amines) is 1. The molecule has 7 nitrogen and oxygen atoms in total. The zero-order valence-corrected chi connectivity index (χ0v) is 15.0. The summed E-state index contributed by atoms with van der Waals surface area (Å²) >= 11 is 0. The van der Waals surface area contributed by atoms with Gasteiger partial charge in [-0.1, -0.05) is 0 Å². The third-order valence-electron chi connectivity index (χ3n) is 4.20. The van der Waals surface area contributed by atoms with Crippen molar-refractivity contribution < 1.29 is 9.59 Å². The van der Waals surface area contributed by atoms with Gasteiger partial charge in [-0.05, 0) is 46.9 Å². The molecule has 0 spiro atoms. The minimum atomic E-state index is -0.187. The van der Waals surface area contributed by atoms with Crippen LogP contribution in [-0.2, 0) is 4.79 Å².